The van der Waals surface area contributed by atoms with Crippen LogP contribution in [0, 0.1) is 6.92 Å². The molecule has 160 valence electrons. The summed E-state index contributed by atoms with van der Waals surface area (Å²) < 4.78 is 39.8. The molecule has 0 saturated carbocycles. The largest absolute Gasteiger partial charge is 0.416 e. The van der Waals surface area contributed by atoms with Crippen LogP contribution in [0.4, 0.5) is 13.2 Å². The van der Waals surface area contributed by atoms with E-state index in [1.807, 2.05) is 6.92 Å². The van der Waals surface area contributed by atoms with Gasteiger partial charge in [0.25, 0.3) is 0 Å². The molecular weight excluding hydrogens is 407 g/mol. The van der Waals surface area contributed by atoms with E-state index in [9.17, 15) is 18.3 Å². The zero-order chi connectivity index (χ0) is 21.3. The van der Waals surface area contributed by atoms with E-state index < -0.39 is 11.7 Å². The van der Waals surface area contributed by atoms with Gasteiger partial charge >= 0.3 is 6.18 Å². The third-order valence-electron chi connectivity index (χ3n) is 5.93. The third kappa shape index (κ3) is 4.71. The van der Waals surface area contributed by atoms with Gasteiger partial charge in [-0.15, -0.1) is 11.3 Å². The Morgan fingerprint density at radius 3 is 2.43 bits per heavy atom. The molecule has 4 rings (SSSR count). The summed E-state index contributed by atoms with van der Waals surface area (Å²) in [5.41, 5.74) is 2.53. The van der Waals surface area contributed by atoms with Crippen molar-refractivity contribution in [3.63, 3.8) is 0 Å². The highest BCUT2D eigenvalue weighted by atomic mass is 32.1. The van der Waals surface area contributed by atoms with Gasteiger partial charge in [0.15, 0.2) is 0 Å². The van der Waals surface area contributed by atoms with Gasteiger partial charge in [0.05, 0.1) is 11.7 Å². The third-order valence-corrected chi connectivity index (χ3v) is 7.00. The van der Waals surface area contributed by atoms with Gasteiger partial charge in [-0.25, -0.2) is 0 Å². The number of aryl methyl sites for hydroxylation is 2. The zero-order valence-electron chi connectivity index (χ0n) is 17.0. The summed E-state index contributed by atoms with van der Waals surface area (Å²) in [5, 5.41) is 10.7. The smallest absolute Gasteiger partial charge is 0.393 e. The molecule has 3 aromatic rings. The summed E-state index contributed by atoms with van der Waals surface area (Å²) in [6.45, 7) is 5.02. The Morgan fingerprint density at radius 2 is 1.77 bits per heavy atom. The van der Waals surface area contributed by atoms with Crippen LogP contribution in [0.5, 0.6) is 0 Å². The summed E-state index contributed by atoms with van der Waals surface area (Å²) >= 11 is 1.70. The molecule has 1 aliphatic heterocycles. The van der Waals surface area contributed by atoms with Crippen LogP contribution in [-0.2, 0) is 12.6 Å². The van der Waals surface area contributed by atoms with Crippen LogP contribution >= 0.6 is 11.3 Å². The lowest BCUT2D eigenvalue weighted by Crippen LogP contribution is -2.36. The van der Waals surface area contributed by atoms with E-state index in [-0.39, 0.29) is 6.10 Å². The Kier molecular flexibility index (Phi) is 6.19. The van der Waals surface area contributed by atoms with Crippen molar-refractivity contribution in [3.8, 4) is 11.1 Å². The van der Waals surface area contributed by atoms with Gasteiger partial charge in [-0.05, 0) is 68.5 Å². The predicted octanol–water partition coefficient (Wildman–Crippen LogP) is 6.28. The van der Waals surface area contributed by atoms with Gasteiger partial charge in [-0.3, -0.25) is 0 Å². The van der Waals surface area contributed by atoms with E-state index in [0.717, 1.165) is 78.8 Å². The molecular formula is C24H26F3NOS. The van der Waals surface area contributed by atoms with E-state index in [0.29, 0.717) is 0 Å². The normalized spacial score (nSPS) is 16.4. The number of thiophene rings is 1. The van der Waals surface area contributed by atoms with E-state index in [1.165, 1.54) is 10.3 Å². The number of benzene rings is 2. The zero-order valence-corrected chi connectivity index (χ0v) is 17.8. The van der Waals surface area contributed by atoms with Crippen LogP contribution in [0.1, 0.15) is 35.3 Å². The van der Waals surface area contributed by atoms with Gasteiger partial charge in [0.2, 0.25) is 0 Å². The van der Waals surface area contributed by atoms with Crippen molar-refractivity contribution in [2.75, 3.05) is 19.6 Å². The van der Waals surface area contributed by atoms with Gasteiger partial charge in [-0.2, -0.15) is 13.2 Å². The van der Waals surface area contributed by atoms with E-state index in [2.05, 4.69) is 23.1 Å². The van der Waals surface area contributed by atoms with Crippen molar-refractivity contribution in [2.24, 2.45) is 0 Å². The molecule has 30 heavy (non-hydrogen) atoms. The second kappa shape index (κ2) is 8.69. The van der Waals surface area contributed by atoms with Gasteiger partial charge in [0, 0.05) is 33.6 Å². The summed E-state index contributed by atoms with van der Waals surface area (Å²) in [6.07, 6.45) is -0.628. The molecule has 2 heterocycles. The van der Waals surface area contributed by atoms with Gasteiger partial charge < -0.3 is 10.0 Å². The summed E-state index contributed by atoms with van der Waals surface area (Å²) in [4.78, 5) is 3.54. The molecule has 6 heteroatoms. The van der Waals surface area contributed by atoms with Crippen molar-refractivity contribution in [1.82, 2.24) is 4.90 Å². The number of piperidine rings is 1. The molecule has 0 radical (unpaired) electrons. The first-order valence-electron chi connectivity index (χ1n) is 10.4. The van der Waals surface area contributed by atoms with E-state index in [1.54, 1.807) is 23.5 Å². The SMILES string of the molecule is Cc1sc2cc(CCCN3CCC(O)CC3)ccc2c1-c1ccc(C(F)(F)F)cc1. The van der Waals surface area contributed by atoms with Crippen LogP contribution in [-0.4, -0.2) is 35.7 Å². The van der Waals surface area contributed by atoms with Crippen molar-refractivity contribution >= 4 is 21.4 Å². The van der Waals surface area contributed by atoms with Crippen molar-refractivity contribution < 1.29 is 18.3 Å². The maximum absolute atomic E-state index is 12.9. The molecule has 0 bridgehead atoms. The lowest BCUT2D eigenvalue weighted by molar-refractivity contribution is -0.137. The van der Waals surface area contributed by atoms with Crippen LogP contribution in [0.25, 0.3) is 21.2 Å². The van der Waals surface area contributed by atoms with Crippen molar-refractivity contribution in [1.29, 1.82) is 0 Å². The van der Waals surface area contributed by atoms with Gasteiger partial charge in [0.1, 0.15) is 0 Å². The fraction of sp³-hybridized carbons (Fsp3) is 0.417. The minimum absolute atomic E-state index is 0.135. The quantitative estimate of drug-likeness (QED) is 0.512. The number of hydrogen-bond acceptors (Lipinski definition) is 3. The first-order chi connectivity index (χ1) is 14.3. The Balaban J connectivity index is 1.47. The average Bonchev–Trinajstić information content (AvgIpc) is 3.04. The Labute approximate surface area is 179 Å². The molecule has 0 amide bonds. The Morgan fingerprint density at radius 1 is 1.07 bits per heavy atom. The molecule has 2 aromatic carbocycles. The minimum atomic E-state index is -4.31. The molecule has 0 unspecified atom stereocenters. The molecule has 1 N–H and O–H groups in total. The number of rotatable bonds is 5. The number of nitrogens with zero attached hydrogens (tertiary/aromatic N) is 1. The fourth-order valence-corrected chi connectivity index (χ4v) is 5.40. The second-order valence-corrected chi connectivity index (χ2v) is 9.37. The summed E-state index contributed by atoms with van der Waals surface area (Å²) in [5.74, 6) is 0. The molecule has 0 spiro atoms. The standard InChI is InChI=1S/C24H26F3NOS/c1-16-23(18-5-7-19(8-6-18)24(25,26)27)21-9-4-17(15-22(21)30-16)3-2-12-28-13-10-20(29)11-14-28/h4-9,15,20,29H,2-3,10-14H2,1H3. The predicted molar refractivity (Wildman–Crippen MR) is 117 cm³/mol. The fourth-order valence-electron chi connectivity index (χ4n) is 4.25. The molecule has 1 fully saturated rings. The maximum atomic E-state index is 12.9. The van der Waals surface area contributed by atoms with Crippen LogP contribution in [0.15, 0.2) is 42.5 Å². The molecule has 0 atom stereocenters. The number of fused-ring (bicyclic) bond motifs is 1. The average molecular weight is 434 g/mol. The van der Waals surface area contributed by atoms with Crippen molar-refractivity contribution in [3.05, 3.63) is 58.5 Å². The molecule has 1 saturated heterocycles. The van der Waals surface area contributed by atoms with Crippen LogP contribution in [0.3, 0.4) is 0 Å². The first kappa shape index (κ1) is 21.3. The molecule has 0 aliphatic carbocycles. The molecule has 1 aromatic heterocycles. The number of likely N-dealkylation sites (tertiary alicyclic amines) is 1. The lowest BCUT2D eigenvalue weighted by Gasteiger charge is -2.29. The number of aliphatic hydroxyl groups excluding tert-OH is 1. The number of hydrogen-bond donors (Lipinski definition) is 1. The van der Waals surface area contributed by atoms with Crippen molar-refractivity contribution in [2.45, 2.75) is 44.9 Å². The monoisotopic (exact) mass is 433 g/mol. The van der Waals surface area contributed by atoms with Crippen LogP contribution < -0.4 is 0 Å². The highest BCUT2D eigenvalue weighted by Crippen LogP contribution is 2.40. The highest BCUT2D eigenvalue weighted by Gasteiger charge is 2.30. The molecule has 1 aliphatic rings. The Bertz CT molecular complexity index is 1000. The molecule has 2 nitrogen and oxygen atoms in total. The number of halogens is 3. The Hall–Kier alpha value is -1.89. The summed E-state index contributed by atoms with van der Waals surface area (Å²) in [6, 6.07) is 11.9. The maximum Gasteiger partial charge on any atom is 0.416 e. The van der Waals surface area contributed by atoms with Crippen LogP contribution in [0.2, 0.25) is 0 Å². The van der Waals surface area contributed by atoms with E-state index in [4.69, 9.17) is 0 Å². The lowest BCUT2D eigenvalue weighted by atomic mass is 9.99. The number of aliphatic hydroxyl groups is 1. The van der Waals surface area contributed by atoms with E-state index >= 15 is 0 Å². The topological polar surface area (TPSA) is 23.5 Å². The van der Waals surface area contributed by atoms with Gasteiger partial charge in [-0.1, -0.05) is 24.3 Å². The highest BCUT2D eigenvalue weighted by molar-refractivity contribution is 7.19. The minimum Gasteiger partial charge on any atom is -0.393 e. The summed E-state index contributed by atoms with van der Waals surface area (Å²) in [7, 11) is 0. The second-order valence-electron chi connectivity index (χ2n) is 8.12. The number of alkyl halides is 3. The first-order valence-corrected chi connectivity index (χ1v) is 11.2.